The monoisotopic (exact) mass is 287 g/mol. The minimum Gasteiger partial charge on any atom is -0.431 e. The van der Waals surface area contributed by atoms with Crippen LogP contribution in [-0.2, 0) is 24.9 Å². The summed E-state index contributed by atoms with van der Waals surface area (Å²) in [6.45, 7) is -0.00628. The van der Waals surface area contributed by atoms with Gasteiger partial charge >= 0.3 is 7.60 Å². The molecule has 0 amide bonds. The van der Waals surface area contributed by atoms with Gasteiger partial charge in [0.2, 0.25) is 0 Å². The first kappa shape index (κ1) is 16.4. The van der Waals surface area contributed by atoms with Gasteiger partial charge in [-0.3, -0.25) is 8.77 Å². The van der Waals surface area contributed by atoms with Gasteiger partial charge < -0.3 is 19.4 Å². The predicted molar refractivity (Wildman–Crippen MR) is 60.4 cm³/mol. The lowest BCUT2D eigenvalue weighted by Gasteiger charge is -2.13. The summed E-state index contributed by atoms with van der Waals surface area (Å²) in [6, 6.07) is 0. The molecule has 0 bridgehead atoms. The Morgan fingerprint density at radius 1 is 1.59 bits per heavy atom. The van der Waals surface area contributed by atoms with Crippen molar-refractivity contribution in [2.24, 2.45) is 5.28 Å². The van der Waals surface area contributed by atoms with Gasteiger partial charge in [0.25, 0.3) is 0 Å². The summed E-state index contributed by atoms with van der Waals surface area (Å²) in [5.74, 6) is 0.0727. The van der Waals surface area contributed by atoms with Crippen molar-refractivity contribution in [1.82, 2.24) is 0 Å². The van der Waals surface area contributed by atoms with Crippen molar-refractivity contribution < 1.29 is 28.1 Å². The fourth-order valence-corrected chi connectivity index (χ4v) is 3.47. The summed E-state index contributed by atoms with van der Waals surface area (Å²) in [4.78, 5) is 24.1. The Balaban J connectivity index is 3.93. The smallest absolute Gasteiger partial charge is 0.337 e. The first-order valence-electron chi connectivity index (χ1n) is 4.47. The van der Waals surface area contributed by atoms with E-state index in [1.807, 2.05) is 0 Å². The van der Waals surface area contributed by atoms with Crippen LogP contribution in [0.4, 0.5) is 0 Å². The highest BCUT2D eigenvalue weighted by molar-refractivity contribution is 7.92. The normalized spacial score (nSPS) is 14.8. The molecule has 2 unspecified atom stereocenters. The summed E-state index contributed by atoms with van der Waals surface area (Å²) in [6.07, 6.45) is -0.162. The fourth-order valence-electron chi connectivity index (χ4n) is 0.927. The van der Waals surface area contributed by atoms with Gasteiger partial charge in [-0.15, -0.1) is 0 Å². The van der Waals surface area contributed by atoms with Crippen LogP contribution in [0.2, 0.25) is 0 Å². The molecule has 0 saturated heterocycles. The van der Waals surface area contributed by atoms with Crippen LogP contribution in [0.1, 0.15) is 6.42 Å². The predicted octanol–water partition coefficient (Wildman–Crippen LogP) is 0.517. The van der Waals surface area contributed by atoms with E-state index in [2.05, 4.69) is 15.0 Å². The molecule has 9 nitrogen and oxygen atoms in total. The number of hydrogen-bond donors (Lipinski definition) is 2. The Morgan fingerprint density at radius 2 is 2.24 bits per heavy atom. The maximum Gasteiger partial charge on any atom is 0.337 e. The largest absolute Gasteiger partial charge is 0.431 e. The molecule has 0 aliphatic carbocycles. The second-order valence-corrected chi connectivity index (χ2v) is 6.70. The topological polar surface area (TPSA) is 142 Å². The van der Waals surface area contributed by atoms with Gasteiger partial charge in [-0.2, -0.15) is 0 Å². The first-order chi connectivity index (χ1) is 7.89. The summed E-state index contributed by atoms with van der Waals surface area (Å²) < 4.78 is 26.7. The molecule has 0 aromatic rings. The molecule has 0 heterocycles. The van der Waals surface area contributed by atoms with Crippen LogP contribution in [0.5, 0.6) is 0 Å². The molecule has 0 aromatic carbocycles. The van der Waals surface area contributed by atoms with Crippen molar-refractivity contribution in [2.45, 2.75) is 12.5 Å². The lowest BCUT2D eigenvalue weighted by molar-refractivity contribution is 0.00742. The molecule has 17 heavy (non-hydrogen) atoms. The molecule has 0 aliphatic rings. The highest BCUT2D eigenvalue weighted by atomic mass is 32.2. The van der Waals surface area contributed by atoms with E-state index in [4.69, 9.17) is 20.1 Å². The van der Waals surface area contributed by atoms with Crippen molar-refractivity contribution >= 4 is 18.4 Å². The Hall–Kier alpha value is -0.630. The van der Waals surface area contributed by atoms with Gasteiger partial charge in [0, 0.05) is 28.6 Å². The van der Waals surface area contributed by atoms with Gasteiger partial charge in [0.05, 0.1) is 6.10 Å². The standard InChI is InChI=1S/C6H14N3O6PS/c1-14-6(4-15-9-8-7)2-3-17(13)5-16(10,11)12/h6H,2-5H2,1H3,(H2,10,11,12). The molecule has 2 atom stereocenters. The van der Waals surface area contributed by atoms with Crippen molar-refractivity contribution in [3.63, 3.8) is 0 Å². The third-order valence-electron chi connectivity index (χ3n) is 1.67. The molecule has 0 rings (SSSR count). The van der Waals surface area contributed by atoms with Gasteiger partial charge in [-0.25, -0.2) is 0 Å². The molecule has 0 fully saturated rings. The fraction of sp³-hybridized carbons (Fsp3) is 1.00. The van der Waals surface area contributed by atoms with Crippen LogP contribution in [0.25, 0.3) is 10.4 Å². The van der Waals surface area contributed by atoms with Crippen LogP contribution >= 0.6 is 7.60 Å². The minimum absolute atomic E-state index is 0.00628. The summed E-state index contributed by atoms with van der Waals surface area (Å²) in [7, 11) is -4.48. The first-order valence-corrected chi connectivity index (χ1v) is 7.76. The molecule has 0 aliphatic heterocycles. The van der Waals surface area contributed by atoms with Gasteiger partial charge in [-0.1, -0.05) is 0 Å². The Kier molecular flexibility index (Phi) is 8.15. The van der Waals surface area contributed by atoms with Gasteiger partial charge in [0.1, 0.15) is 17.4 Å². The van der Waals surface area contributed by atoms with E-state index in [9.17, 15) is 8.77 Å². The molecule has 0 spiro atoms. The van der Waals surface area contributed by atoms with Gasteiger partial charge in [0.15, 0.2) is 0 Å². The Labute approximate surface area is 100 Å². The van der Waals surface area contributed by atoms with E-state index in [0.717, 1.165) is 0 Å². The second-order valence-electron chi connectivity index (χ2n) is 3.05. The quantitative estimate of drug-likeness (QED) is 0.208. The highest BCUT2D eigenvalue weighted by Gasteiger charge is 2.19. The number of azide groups is 1. The van der Waals surface area contributed by atoms with Crippen LogP contribution in [0.15, 0.2) is 5.28 Å². The Bertz CT molecular complexity index is 341. The highest BCUT2D eigenvalue weighted by Crippen LogP contribution is 2.35. The van der Waals surface area contributed by atoms with Crippen molar-refractivity contribution in [2.75, 3.05) is 25.0 Å². The van der Waals surface area contributed by atoms with Crippen molar-refractivity contribution in [1.29, 1.82) is 0 Å². The van der Waals surface area contributed by atoms with E-state index in [1.54, 1.807) is 0 Å². The van der Waals surface area contributed by atoms with E-state index >= 15 is 0 Å². The van der Waals surface area contributed by atoms with E-state index in [0.29, 0.717) is 0 Å². The van der Waals surface area contributed by atoms with Crippen molar-refractivity contribution in [3.05, 3.63) is 10.4 Å². The number of methoxy groups -OCH3 is 1. The van der Waals surface area contributed by atoms with Crippen LogP contribution in [0.3, 0.4) is 0 Å². The molecular weight excluding hydrogens is 273 g/mol. The SMILES string of the molecule is COC(CCS(=O)CP(=O)(O)O)CON=[N+]=[N-]. The number of rotatable bonds is 9. The average molecular weight is 287 g/mol. The molecular formula is C6H14N3O6PS. The zero-order valence-corrected chi connectivity index (χ0v) is 10.8. The maximum absolute atomic E-state index is 11.2. The lowest BCUT2D eigenvalue weighted by Crippen LogP contribution is -2.20. The third-order valence-corrected chi connectivity index (χ3v) is 4.86. The zero-order valence-electron chi connectivity index (χ0n) is 9.13. The van der Waals surface area contributed by atoms with Crippen LogP contribution in [0, 0.1) is 0 Å². The molecule has 0 aromatic heterocycles. The third kappa shape index (κ3) is 10.3. The lowest BCUT2D eigenvalue weighted by atomic mass is 10.3. The number of nitrogens with zero attached hydrogens (tertiary/aromatic N) is 3. The summed E-state index contributed by atoms with van der Waals surface area (Å²) >= 11 is 0. The summed E-state index contributed by atoms with van der Waals surface area (Å²) in [5.41, 5.74) is 7.29. The van der Waals surface area contributed by atoms with Gasteiger partial charge in [-0.05, 0) is 12.0 Å². The molecule has 0 saturated carbocycles. The maximum atomic E-state index is 11.2. The van der Waals surface area contributed by atoms with E-state index in [-0.39, 0.29) is 18.8 Å². The Morgan fingerprint density at radius 3 is 2.71 bits per heavy atom. The van der Waals surface area contributed by atoms with Crippen LogP contribution in [-0.4, -0.2) is 45.1 Å². The molecule has 2 N–H and O–H groups in total. The second kappa shape index (κ2) is 8.46. The molecule has 11 heteroatoms. The summed E-state index contributed by atoms with van der Waals surface area (Å²) in [5, 5.41) is 2.85. The van der Waals surface area contributed by atoms with Crippen LogP contribution < -0.4 is 0 Å². The number of hydrogen-bond acceptors (Lipinski definition) is 5. The zero-order chi connectivity index (χ0) is 13.3. The molecule has 0 radical (unpaired) electrons. The molecule has 100 valence electrons. The van der Waals surface area contributed by atoms with E-state index < -0.39 is 30.0 Å². The average Bonchev–Trinajstić information content (AvgIpc) is 2.20. The van der Waals surface area contributed by atoms with E-state index in [1.165, 1.54) is 7.11 Å². The number of ether oxygens (including phenoxy) is 1. The van der Waals surface area contributed by atoms with Crippen molar-refractivity contribution in [3.8, 4) is 0 Å². The minimum atomic E-state index is -4.26.